The van der Waals surface area contributed by atoms with E-state index in [2.05, 4.69) is 0 Å². The number of benzene rings is 2. The summed E-state index contributed by atoms with van der Waals surface area (Å²) in [4.78, 5) is 25.7. The topological polar surface area (TPSA) is 83.5 Å². The van der Waals surface area contributed by atoms with Crippen LogP contribution in [0.5, 0.6) is 5.75 Å². The Morgan fingerprint density at radius 1 is 1.19 bits per heavy atom. The van der Waals surface area contributed by atoms with Crippen molar-refractivity contribution >= 4 is 40.1 Å². The predicted octanol–water partition coefficient (Wildman–Crippen LogP) is 4.12. The van der Waals surface area contributed by atoms with Crippen LogP contribution in [0.2, 0.25) is 5.02 Å². The third kappa shape index (κ3) is 2.99. The van der Waals surface area contributed by atoms with Crippen molar-refractivity contribution in [2.75, 3.05) is 19.5 Å². The number of hydrogen-bond acceptors (Lipinski definition) is 5. The average molecular weight is 373 g/mol. The molecule has 134 valence electrons. The number of carbonyl (C=O) groups is 2. The second kappa shape index (κ2) is 7.09. The maximum absolute atomic E-state index is 13.1. The molecule has 0 amide bonds. The molecule has 0 radical (unpaired) electrons. The van der Waals surface area contributed by atoms with Gasteiger partial charge in [0.25, 0.3) is 0 Å². The van der Waals surface area contributed by atoms with Crippen molar-refractivity contribution in [3.8, 4) is 5.75 Å². The summed E-state index contributed by atoms with van der Waals surface area (Å²) in [6.45, 7) is 1.84. The van der Waals surface area contributed by atoms with Crippen LogP contribution in [0.15, 0.2) is 42.5 Å². The molecule has 0 unspecified atom stereocenters. The van der Waals surface area contributed by atoms with E-state index in [-0.39, 0.29) is 18.0 Å². The van der Waals surface area contributed by atoms with Gasteiger partial charge in [0, 0.05) is 16.0 Å². The summed E-state index contributed by atoms with van der Waals surface area (Å²) in [6.07, 6.45) is -0.692. The summed E-state index contributed by atoms with van der Waals surface area (Å²) in [6, 6.07) is 11.5. The molecule has 1 aromatic heterocycles. The lowest BCUT2D eigenvalue weighted by Crippen LogP contribution is -2.20. The van der Waals surface area contributed by atoms with E-state index in [0.29, 0.717) is 27.2 Å². The summed E-state index contributed by atoms with van der Waals surface area (Å²) in [5, 5.41) is 0.967. The van der Waals surface area contributed by atoms with Crippen LogP contribution < -0.4 is 10.5 Å². The zero-order valence-corrected chi connectivity index (χ0v) is 15.0. The van der Waals surface area contributed by atoms with Crippen LogP contribution in [0.1, 0.15) is 23.0 Å². The van der Waals surface area contributed by atoms with Crippen molar-refractivity contribution < 1.29 is 19.1 Å². The number of fused-ring (bicyclic) bond motifs is 1. The monoisotopic (exact) mass is 372 g/mol. The minimum Gasteiger partial charge on any atom is -0.497 e. The predicted molar refractivity (Wildman–Crippen MR) is 100 cm³/mol. The van der Waals surface area contributed by atoms with Gasteiger partial charge in [0.05, 0.1) is 24.9 Å². The van der Waals surface area contributed by atoms with Gasteiger partial charge in [0.2, 0.25) is 5.78 Å². The fourth-order valence-corrected chi connectivity index (χ4v) is 2.95. The Balaban J connectivity index is 2.26. The molecule has 0 saturated heterocycles. The number of nitrogens with two attached hydrogens (primary N) is 1. The molecule has 0 bridgehead atoms. The van der Waals surface area contributed by atoms with E-state index in [1.165, 1.54) is 11.7 Å². The molecular formula is C19H17ClN2O4. The molecule has 6 nitrogen and oxygen atoms in total. The third-order valence-electron chi connectivity index (χ3n) is 3.97. The highest BCUT2D eigenvalue weighted by Gasteiger charge is 2.27. The van der Waals surface area contributed by atoms with Crippen LogP contribution in [0.25, 0.3) is 10.9 Å². The minimum atomic E-state index is -0.692. The van der Waals surface area contributed by atoms with E-state index >= 15 is 0 Å². The number of aromatic nitrogens is 1. The van der Waals surface area contributed by atoms with Crippen LogP contribution >= 0.6 is 11.6 Å². The molecule has 0 spiro atoms. The maximum Gasteiger partial charge on any atom is 0.419 e. The molecule has 1 heterocycles. The van der Waals surface area contributed by atoms with Crippen LogP contribution in [-0.4, -0.2) is 30.2 Å². The lowest BCUT2D eigenvalue weighted by atomic mass is 10.1. The zero-order valence-electron chi connectivity index (χ0n) is 14.3. The second-order valence-corrected chi connectivity index (χ2v) is 5.96. The normalized spacial score (nSPS) is 10.7. The van der Waals surface area contributed by atoms with Gasteiger partial charge in [-0.05, 0) is 37.3 Å². The van der Waals surface area contributed by atoms with Gasteiger partial charge >= 0.3 is 6.09 Å². The van der Waals surface area contributed by atoms with Gasteiger partial charge in [-0.1, -0.05) is 23.7 Å². The Bertz CT molecular complexity index is 1010. The van der Waals surface area contributed by atoms with E-state index < -0.39 is 11.9 Å². The fourth-order valence-electron chi connectivity index (χ4n) is 2.79. The van der Waals surface area contributed by atoms with Gasteiger partial charge in [-0.15, -0.1) is 0 Å². The molecule has 0 aliphatic heterocycles. The first-order valence-corrected chi connectivity index (χ1v) is 8.31. The van der Waals surface area contributed by atoms with E-state index in [1.54, 1.807) is 49.4 Å². The molecule has 3 aromatic rings. The van der Waals surface area contributed by atoms with Gasteiger partial charge in [-0.2, -0.15) is 0 Å². The number of methoxy groups -OCH3 is 1. The summed E-state index contributed by atoms with van der Waals surface area (Å²) in [7, 11) is 1.51. The van der Waals surface area contributed by atoms with Crippen LogP contribution in [0, 0.1) is 0 Å². The summed E-state index contributed by atoms with van der Waals surface area (Å²) in [5.74, 6) is 0.109. The van der Waals surface area contributed by atoms with Crippen LogP contribution in [0.3, 0.4) is 0 Å². The molecule has 0 atom stereocenters. The Labute approximate surface area is 155 Å². The SMILES string of the molecule is CCOC(=O)n1c(C(=O)c2cccc(OC)c2)c(N)c2ccc(Cl)cc21. The summed E-state index contributed by atoms with van der Waals surface area (Å²) >= 11 is 6.06. The highest BCUT2D eigenvalue weighted by Crippen LogP contribution is 2.33. The molecule has 26 heavy (non-hydrogen) atoms. The van der Waals surface area contributed by atoms with E-state index in [9.17, 15) is 9.59 Å². The number of nitrogen functional groups attached to an aromatic ring is 1. The average Bonchev–Trinajstić information content (AvgIpc) is 2.93. The van der Waals surface area contributed by atoms with Crippen molar-refractivity contribution in [2.24, 2.45) is 0 Å². The molecule has 0 fully saturated rings. The molecule has 0 aliphatic carbocycles. The maximum atomic E-state index is 13.1. The van der Waals surface area contributed by atoms with Crippen LogP contribution in [-0.2, 0) is 4.74 Å². The van der Waals surface area contributed by atoms with E-state index in [4.69, 9.17) is 26.8 Å². The Kier molecular flexibility index (Phi) is 4.86. The number of ether oxygens (including phenoxy) is 2. The van der Waals surface area contributed by atoms with Crippen molar-refractivity contribution in [3.63, 3.8) is 0 Å². The largest absolute Gasteiger partial charge is 0.497 e. The first-order chi connectivity index (χ1) is 12.5. The lowest BCUT2D eigenvalue weighted by Gasteiger charge is -2.10. The molecule has 0 saturated carbocycles. The number of hydrogen-bond donors (Lipinski definition) is 1. The zero-order chi connectivity index (χ0) is 18.8. The Hall–Kier alpha value is -2.99. The minimum absolute atomic E-state index is 0.0361. The number of carbonyl (C=O) groups excluding carboxylic acids is 2. The van der Waals surface area contributed by atoms with E-state index in [1.807, 2.05) is 0 Å². The summed E-state index contributed by atoms with van der Waals surface area (Å²) < 4.78 is 11.4. The van der Waals surface area contributed by atoms with Gasteiger partial charge in [0.1, 0.15) is 11.4 Å². The van der Waals surface area contributed by atoms with Crippen molar-refractivity contribution in [1.29, 1.82) is 0 Å². The molecule has 3 rings (SSSR count). The molecule has 0 aliphatic rings. The fraction of sp³-hybridized carbons (Fsp3) is 0.158. The smallest absolute Gasteiger partial charge is 0.419 e. The quantitative estimate of drug-likeness (QED) is 0.696. The third-order valence-corrected chi connectivity index (χ3v) is 4.20. The van der Waals surface area contributed by atoms with Gasteiger partial charge in [-0.25, -0.2) is 9.36 Å². The van der Waals surface area contributed by atoms with Crippen molar-refractivity contribution in [1.82, 2.24) is 4.57 Å². The first kappa shape index (κ1) is 17.8. The Morgan fingerprint density at radius 3 is 2.65 bits per heavy atom. The molecule has 2 N–H and O–H groups in total. The van der Waals surface area contributed by atoms with Gasteiger partial charge in [-0.3, -0.25) is 4.79 Å². The van der Waals surface area contributed by atoms with Gasteiger partial charge in [0.15, 0.2) is 0 Å². The number of halogens is 1. The second-order valence-electron chi connectivity index (χ2n) is 5.52. The molecule has 2 aromatic carbocycles. The highest BCUT2D eigenvalue weighted by molar-refractivity contribution is 6.31. The van der Waals surface area contributed by atoms with Gasteiger partial charge < -0.3 is 15.2 Å². The summed E-state index contributed by atoms with van der Waals surface area (Å²) in [5.41, 5.74) is 7.20. The Morgan fingerprint density at radius 2 is 1.96 bits per heavy atom. The first-order valence-electron chi connectivity index (χ1n) is 7.93. The van der Waals surface area contributed by atoms with Crippen molar-refractivity contribution in [3.05, 3.63) is 58.7 Å². The number of rotatable bonds is 4. The highest BCUT2D eigenvalue weighted by atomic mass is 35.5. The van der Waals surface area contributed by atoms with Crippen molar-refractivity contribution in [2.45, 2.75) is 6.92 Å². The number of anilines is 1. The lowest BCUT2D eigenvalue weighted by molar-refractivity contribution is 0.102. The standard InChI is InChI=1S/C19H17ClN2O4/c1-3-26-19(24)22-15-10-12(20)7-8-14(15)16(21)17(22)18(23)11-5-4-6-13(9-11)25-2/h4-10H,3,21H2,1-2H3. The van der Waals surface area contributed by atoms with Crippen LogP contribution in [0.4, 0.5) is 10.5 Å². The number of nitrogens with zero attached hydrogens (tertiary/aromatic N) is 1. The number of ketones is 1. The molecular weight excluding hydrogens is 356 g/mol. The molecule has 7 heteroatoms. The van der Waals surface area contributed by atoms with E-state index in [0.717, 1.165) is 0 Å².